The fourth-order valence-electron chi connectivity index (χ4n) is 2.36. The van der Waals surface area contributed by atoms with Crippen molar-refractivity contribution >= 4 is 21.4 Å². The number of imidazole rings is 1. The van der Waals surface area contributed by atoms with Gasteiger partial charge in [-0.2, -0.15) is 0 Å². The lowest BCUT2D eigenvalue weighted by Gasteiger charge is -2.21. The molecule has 4 heteroatoms. The second-order valence-electron chi connectivity index (χ2n) is 4.48. The van der Waals surface area contributed by atoms with E-state index in [0.29, 0.717) is 6.10 Å². The topological polar surface area (TPSA) is 26.5 Å². The van der Waals surface area contributed by atoms with Gasteiger partial charge >= 0.3 is 0 Å². The van der Waals surface area contributed by atoms with E-state index in [-0.39, 0.29) is 0 Å². The average molecular weight is 295 g/mol. The zero-order chi connectivity index (χ0) is 11.7. The first-order valence-corrected chi connectivity index (χ1v) is 6.86. The van der Waals surface area contributed by atoms with Crippen molar-refractivity contribution in [1.82, 2.24) is 9.38 Å². The number of halogens is 1. The van der Waals surface area contributed by atoms with Crippen molar-refractivity contribution in [2.24, 2.45) is 0 Å². The highest BCUT2D eigenvalue weighted by Gasteiger charge is 2.17. The number of ether oxygens (including phenoxy) is 1. The highest BCUT2D eigenvalue weighted by molar-refractivity contribution is 9.10. The molecule has 2 aromatic heterocycles. The van der Waals surface area contributed by atoms with Crippen LogP contribution in [-0.2, 0) is 11.2 Å². The summed E-state index contributed by atoms with van der Waals surface area (Å²) in [6, 6.07) is 4.07. The molecule has 17 heavy (non-hydrogen) atoms. The Morgan fingerprint density at radius 1 is 1.47 bits per heavy atom. The molecule has 1 aliphatic rings. The molecule has 0 aromatic carbocycles. The van der Waals surface area contributed by atoms with Gasteiger partial charge in [0, 0.05) is 23.7 Å². The van der Waals surface area contributed by atoms with Gasteiger partial charge in [-0.15, -0.1) is 0 Å². The van der Waals surface area contributed by atoms with Crippen LogP contribution in [0.15, 0.2) is 29.0 Å². The summed E-state index contributed by atoms with van der Waals surface area (Å²) in [5.74, 6) is 1.09. The molecule has 0 radical (unpaired) electrons. The van der Waals surface area contributed by atoms with E-state index >= 15 is 0 Å². The van der Waals surface area contributed by atoms with E-state index < -0.39 is 0 Å². The number of aromatic nitrogens is 2. The van der Waals surface area contributed by atoms with Crippen molar-refractivity contribution in [1.29, 1.82) is 0 Å². The predicted octanol–water partition coefficient (Wildman–Crippen LogP) is 3.21. The van der Waals surface area contributed by atoms with Gasteiger partial charge in [-0.05, 0) is 47.3 Å². The molecule has 1 fully saturated rings. The van der Waals surface area contributed by atoms with Gasteiger partial charge in [-0.3, -0.25) is 0 Å². The first kappa shape index (κ1) is 11.2. The van der Waals surface area contributed by atoms with Crippen molar-refractivity contribution in [2.75, 3.05) is 6.61 Å². The molecule has 1 saturated heterocycles. The number of fused-ring (bicyclic) bond motifs is 1. The van der Waals surface area contributed by atoms with Gasteiger partial charge in [0.2, 0.25) is 0 Å². The van der Waals surface area contributed by atoms with Crippen LogP contribution in [-0.4, -0.2) is 22.1 Å². The third-order valence-electron chi connectivity index (χ3n) is 3.28. The minimum Gasteiger partial charge on any atom is -0.378 e. The van der Waals surface area contributed by atoms with Gasteiger partial charge in [0.05, 0.1) is 17.8 Å². The monoisotopic (exact) mass is 294 g/mol. The standard InChI is InChI=1S/C13H15BrN2O/c14-11-5-3-6-16-12(11)9-15-13(16)8-10-4-1-2-7-17-10/h3,5-6,9-10H,1-2,4,7-8H2. The summed E-state index contributed by atoms with van der Waals surface area (Å²) in [6.07, 6.45) is 8.86. The third-order valence-corrected chi connectivity index (χ3v) is 3.95. The molecule has 3 heterocycles. The van der Waals surface area contributed by atoms with Gasteiger partial charge in [0.1, 0.15) is 5.82 Å². The zero-order valence-corrected chi connectivity index (χ0v) is 11.2. The minimum atomic E-state index is 0.341. The molecule has 0 bridgehead atoms. The van der Waals surface area contributed by atoms with Crippen molar-refractivity contribution < 1.29 is 4.74 Å². The number of hydrogen-bond donors (Lipinski definition) is 0. The van der Waals surface area contributed by atoms with E-state index in [0.717, 1.165) is 35.3 Å². The molecule has 1 atom stereocenters. The summed E-state index contributed by atoms with van der Waals surface area (Å²) in [5.41, 5.74) is 1.12. The first-order valence-electron chi connectivity index (χ1n) is 6.06. The SMILES string of the molecule is Brc1cccn2c(CC3CCCCO3)ncc12. The van der Waals surface area contributed by atoms with E-state index in [1.165, 1.54) is 12.8 Å². The van der Waals surface area contributed by atoms with Gasteiger partial charge in [0.25, 0.3) is 0 Å². The van der Waals surface area contributed by atoms with Crippen molar-refractivity contribution in [2.45, 2.75) is 31.8 Å². The fourth-order valence-corrected chi connectivity index (χ4v) is 2.81. The van der Waals surface area contributed by atoms with E-state index in [2.05, 4.69) is 31.5 Å². The van der Waals surface area contributed by atoms with Gasteiger partial charge < -0.3 is 9.14 Å². The average Bonchev–Trinajstić information content (AvgIpc) is 2.76. The summed E-state index contributed by atoms with van der Waals surface area (Å²) in [7, 11) is 0. The second kappa shape index (κ2) is 4.78. The smallest absolute Gasteiger partial charge is 0.115 e. The Labute approximate surface area is 109 Å². The van der Waals surface area contributed by atoms with Gasteiger partial charge in [-0.25, -0.2) is 4.98 Å². The van der Waals surface area contributed by atoms with Crippen LogP contribution in [0.1, 0.15) is 25.1 Å². The largest absolute Gasteiger partial charge is 0.378 e. The highest BCUT2D eigenvalue weighted by Crippen LogP contribution is 2.21. The van der Waals surface area contributed by atoms with Crippen LogP contribution in [0.2, 0.25) is 0 Å². The lowest BCUT2D eigenvalue weighted by molar-refractivity contribution is 0.0156. The Morgan fingerprint density at radius 2 is 2.41 bits per heavy atom. The van der Waals surface area contributed by atoms with Crippen molar-refractivity contribution in [3.8, 4) is 0 Å². The highest BCUT2D eigenvalue weighted by atomic mass is 79.9. The molecule has 1 aliphatic heterocycles. The summed E-state index contributed by atoms with van der Waals surface area (Å²) in [6.45, 7) is 0.900. The molecule has 1 unspecified atom stereocenters. The molecular weight excluding hydrogens is 280 g/mol. The summed E-state index contributed by atoms with van der Waals surface area (Å²) in [4.78, 5) is 4.50. The minimum absolute atomic E-state index is 0.341. The first-order chi connectivity index (χ1) is 8.34. The third kappa shape index (κ3) is 2.24. The molecule has 3 nitrogen and oxygen atoms in total. The van der Waals surface area contributed by atoms with Crippen LogP contribution < -0.4 is 0 Å². The number of hydrogen-bond acceptors (Lipinski definition) is 2. The summed E-state index contributed by atoms with van der Waals surface area (Å²) in [5, 5.41) is 0. The Balaban J connectivity index is 1.87. The second-order valence-corrected chi connectivity index (χ2v) is 5.33. The molecule has 0 N–H and O–H groups in total. The lowest BCUT2D eigenvalue weighted by atomic mass is 10.1. The maximum Gasteiger partial charge on any atom is 0.115 e. The van der Waals surface area contributed by atoms with E-state index in [1.54, 1.807) is 0 Å². The quantitative estimate of drug-likeness (QED) is 0.850. The van der Waals surface area contributed by atoms with Crippen LogP contribution in [0.5, 0.6) is 0 Å². The number of pyridine rings is 1. The molecule has 0 amide bonds. The molecule has 0 spiro atoms. The fraction of sp³-hybridized carbons (Fsp3) is 0.462. The van der Waals surface area contributed by atoms with Crippen LogP contribution in [0.4, 0.5) is 0 Å². The van der Waals surface area contributed by atoms with Crippen molar-refractivity contribution in [3.63, 3.8) is 0 Å². The number of rotatable bonds is 2. The molecule has 0 aliphatic carbocycles. The van der Waals surface area contributed by atoms with Crippen molar-refractivity contribution in [3.05, 3.63) is 34.8 Å². The molecular formula is C13H15BrN2O. The van der Waals surface area contributed by atoms with Gasteiger partial charge in [-0.1, -0.05) is 0 Å². The maximum atomic E-state index is 5.77. The lowest BCUT2D eigenvalue weighted by Crippen LogP contribution is -2.22. The Bertz CT molecular complexity index is 517. The molecule has 90 valence electrons. The zero-order valence-electron chi connectivity index (χ0n) is 9.60. The number of nitrogens with zero attached hydrogens (tertiary/aromatic N) is 2. The Morgan fingerprint density at radius 3 is 3.24 bits per heavy atom. The molecule has 0 saturated carbocycles. The van der Waals surface area contributed by atoms with E-state index in [4.69, 9.17) is 4.74 Å². The van der Waals surface area contributed by atoms with Crippen LogP contribution in [0.3, 0.4) is 0 Å². The van der Waals surface area contributed by atoms with Crippen LogP contribution >= 0.6 is 15.9 Å². The molecule has 3 rings (SSSR count). The maximum absolute atomic E-state index is 5.77. The molecule has 2 aromatic rings. The van der Waals surface area contributed by atoms with Crippen LogP contribution in [0.25, 0.3) is 5.52 Å². The summed E-state index contributed by atoms with van der Waals surface area (Å²) >= 11 is 3.54. The Hall–Kier alpha value is -0.870. The Kier molecular flexibility index (Phi) is 3.16. The van der Waals surface area contributed by atoms with Crippen LogP contribution in [0, 0.1) is 0 Å². The van der Waals surface area contributed by atoms with E-state index in [1.807, 2.05) is 18.3 Å². The summed E-state index contributed by atoms with van der Waals surface area (Å²) < 4.78 is 8.99. The van der Waals surface area contributed by atoms with E-state index in [9.17, 15) is 0 Å². The predicted molar refractivity (Wildman–Crippen MR) is 70.2 cm³/mol. The normalized spacial score (nSPS) is 20.9. The van der Waals surface area contributed by atoms with Gasteiger partial charge in [0.15, 0.2) is 0 Å².